The first-order chi connectivity index (χ1) is 9.72. The Hall–Kier alpha value is -1.39. The lowest BCUT2D eigenvalue weighted by atomic mass is 9.86. The lowest BCUT2D eigenvalue weighted by molar-refractivity contribution is 0.0597. The Morgan fingerprint density at radius 1 is 1.35 bits per heavy atom. The van der Waals surface area contributed by atoms with Crippen LogP contribution in [0.2, 0.25) is 0 Å². The highest BCUT2D eigenvalue weighted by atomic mass is 16.5. The summed E-state index contributed by atoms with van der Waals surface area (Å²) in [5.74, 6) is 0.0224. The van der Waals surface area contributed by atoms with Crippen molar-refractivity contribution in [3.63, 3.8) is 0 Å². The van der Waals surface area contributed by atoms with Crippen molar-refractivity contribution in [3.05, 3.63) is 35.4 Å². The number of nitrogens with one attached hydrogen (secondary N) is 1. The van der Waals surface area contributed by atoms with E-state index in [4.69, 9.17) is 4.74 Å². The van der Waals surface area contributed by atoms with E-state index in [0.717, 1.165) is 31.4 Å². The van der Waals surface area contributed by atoms with Gasteiger partial charge in [0.05, 0.1) is 18.8 Å². The molecular weight excluding hydrogens is 254 g/mol. The lowest BCUT2D eigenvalue weighted by Crippen LogP contribution is -2.33. The van der Waals surface area contributed by atoms with Gasteiger partial charge in [0.25, 0.3) is 0 Å². The van der Waals surface area contributed by atoms with Crippen LogP contribution in [-0.4, -0.2) is 30.8 Å². The molecule has 0 radical (unpaired) electrons. The molecule has 0 spiro atoms. The van der Waals surface area contributed by atoms with Gasteiger partial charge in [0.1, 0.15) is 0 Å². The van der Waals surface area contributed by atoms with Gasteiger partial charge < -0.3 is 15.2 Å². The van der Waals surface area contributed by atoms with E-state index in [1.807, 2.05) is 18.2 Å². The van der Waals surface area contributed by atoms with Crippen LogP contribution in [0.1, 0.15) is 41.6 Å². The fourth-order valence-electron chi connectivity index (χ4n) is 2.80. The predicted molar refractivity (Wildman–Crippen MR) is 77.5 cm³/mol. The summed E-state index contributed by atoms with van der Waals surface area (Å²) in [7, 11) is 1.39. The molecule has 4 nitrogen and oxygen atoms in total. The van der Waals surface area contributed by atoms with Crippen LogP contribution in [0.4, 0.5) is 0 Å². The van der Waals surface area contributed by atoms with E-state index < -0.39 is 0 Å². The SMILES string of the molecule is COC(=O)c1ccccc1CNCC1CCCCC1O. The van der Waals surface area contributed by atoms with Crippen LogP contribution in [0.5, 0.6) is 0 Å². The molecule has 0 saturated heterocycles. The zero-order valence-electron chi connectivity index (χ0n) is 12.0. The number of methoxy groups -OCH3 is 1. The van der Waals surface area contributed by atoms with Crippen molar-refractivity contribution in [2.75, 3.05) is 13.7 Å². The highest BCUT2D eigenvalue weighted by molar-refractivity contribution is 5.90. The topological polar surface area (TPSA) is 58.6 Å². The van der Waals surface area contributed by atoms with Crippen LogP contribution in [0, 0.1) is 5.92 Å². The largest absolute Gasteiger partial charge is 0.465 e. The van der Waals surface area contributed by atoms with Gasteiger partial charge in [-0.15, -0.1) is 0 Å². The highest BCUT2D eigenvalue weighted by Gasteiger charge is 2.22. The molecule has 0 aliphatic heterocycles. The zero-order valence-corrected chi connectivity index (χ0v) is 12.0. The third-order valence-corrected chi connectivity index (χ3v) is 4.01. The van der Waals surface area contributed by atoms with Crippen molar-refractivity contribution in [1.29, 1.82) is 0 Å². The number of esters is 1. The molecule has 1 aromatic rings. The smallest absolute Gasteiger partial charge is 0.338 e. The van der Waals surface area contributed by atoms with Crippen LogP contribution in [0.3, 0.4) is 0 Å². The van der Waals surface area contributed by atoms with Crippen LogP contribution in [0.15, 0.2) is 24.3 Å². The number of aliphatic hydroxyl groups is 1. The quantitative estimate of drug-likeness (QED) is 0.809. The summed E-state index contributed by atoms with van der Waals surface area (Å²) in [6.07, 6.45) is 4.12. The molecule has 2 unspecified atom stereocenters. The molecule has 2 rings (SSSR count). The molecule has 1 saturated carbocycles. The summed E-state index contributed by atoms with van der Waals surface area (Å²) in [5, 5.41) is 13.3. The van der Waals surface area contributed by atoms with Gasteiger partial charge in [-0.3, -0.25) is 0 Å². The van der Waals surface area contributed by atoms with Gasteiger partial charge in [-0.1, -0.05) is 31.0 Å². The summed E-state index contributed by atoms with van der Waals surface area (Å²) in [6, 6.07) is 7.45. The maximum atomic E-state index is 11.7. The average molecular weight is 277 g/mol. The van der Waals surface area contributed by atoms with Gasteiger partial charge in [-0.05, 0) is 30.4 Å². The number of aliphatic hydroxyl groups excluding tert-OH is 1. The van der Waals surface area contributed by atoms with Crippen LogP contribution >= 0.6 is 0 Å². The molecule has 110 valence electrons. The van der Waals surface area contributed by atoms with Crippen molar-refractivity contribution in [1.82, 2.24) is 5.32 Å². The molecule has 0 amide bonds. The fraction of sp³-hybridized carbons (Fsp3) is 0.562. The third kappa shape index (κ3) is 3.81. The van der Waals surface area contributed by atoms with E-state index in [1.54, 1.807) is 6.07 Å². The van der Waals surface area contributed by atoms with E-state index >= 15 is 0 Å². The molecular formula is C16H23NO3. The molecule has 1 aliphatic carbocycles. The van der Waals surface area contributed by atoms with E-state index in [1.165, 1.54) is 13.5 Å². The lowest BCUT2D eigenvalue weighted by Gasteiger charge is -2.27. The van der Waals surface area contributed by atoms with Crippen molar-refractivity contribution in [2.45, 2.75) is 38.3 Å². The van der Waals surface area contributed by atoms with Gasteiger partial charge in [-0.2, -0.15) is 0 Å². The maximum Gasteiger partial charge on any atom is 0.338 e. The molecule has 0 aromatic heterocycles. The minimum Gasteiger partial charge on any atom is -0.465 e. The van der Waals surface area contributed by atoms with E-state index in [0.29, 0.717) is 18.0 Å². The Morgan fingerprint density at radius 3 is 2.85 bits per heavy atom. The molecule has 1 aliphatic rings. The van der Waals surface area contributed by atoms with Crippen LogP contribution < -0.4 is 5.32 Å². The van der Waals surface area contributed by atoms with Crippen molar-refractivity contribution in [3.8, 4) is 0 Å². The number of carbonyl (C=O) groups excluding carboxylic acids is 1. The molecule has 2 atom stereocenters. The van der Waals surface area contributed by atoms with Crippen molar-refractivity contribution >= 4 is 5.97 Å². The van der Waals surface area contributed by atoms with Crippen molar-refractivity contribution < 1.29 is 14.6 Å². The van der Waals surface area contributed by atoms with Gasteiger partial charge in [0.2, 0.25) is 0 Å². The summed E-state index contributed by atoms with van der Waals surface area (Å²) < 4.78 is 4.78. The van der Waals surface area contributed by atoms with Gasteiger partial charge in [-0.25, -0.2) is 4.79 Å². The minimum atomic E-state index is -0.305. The molecule has 0 bridgehead atoms. The van der Waals surface area contributed by atoms with Gasteiger partial charge >= 0.3 is 5.97 Å². The standard InChI is InChI=1S/C16H23NO3/c1-20-16(19)14-8-4-2-6-12(14)10-17-11-13-7-3-5-9-15(13)18/h2,4,6,8,13,15,17-18H,3,5,7,9-11H2,1H3. The average Bonchev–Trinajstić information content (AvgIpc) is 2.49. The summed E-state index contributed by atoms with van der Waals surface area (Å²) >= 11 is 0. The second-order valence-corrected chi connectivity index (χ2v) is 5.39. The fourth-order valence-corrected chi connectivity index (χ4v) is 2.80. The summed E-state index contributed by atoms with van der Waals surface area (Å²) in [5.41, 5.74) is 1.54. The Kier molecular flexibility index (Phi) is 5.56. The first kappa shape index (κ1) is 15.0. The Morgan fingerprint density at radius 2 is 2.10 bits per heavy atom. The summed E-state index contributed by atoms with van der Waals surface area (Å²) in [6.45, 7) is 1.41. The summed E-state index contributed by atoms with van der Waals surface area (Å²) in [4.78, 5) is 11.7. The number of hydrogen-bond acceptors (Lipinski definition) is 4. The highest BCUT2D eigenvalue weighted by Crippen LogP contribution is 2.23. The second-order valence-electron chi connectivity index (χ2n) is 5.39. The van der Waals surface area contributed by atoms with Gasteiger partial charge in [0.15, 0.2) is 0 Å². The van der Waals surface area contributed by atoms with Crippen molar-refractivity contribution in [2.24, 2.45) is 5.92 Å². The molecule has 0 heterocycles. The normalized spacial score (nSPS) is 22.5. The third-order valence-electron chi connectivity index (χ3n) is 4.01. The Labute approximate surface area is 120 Å². The Balaban J connectivity index is 1.89. The van der Waals surface area contributed by atoms with E-state index in [2.05, 4.69) is 5.32 Å². The van der Waals surface area contributed by atoms with Crippen LogP contribution in [-0.2, 0) is 11.3 Å². The maximum absolute atomic E-state index is 11.7. The number of carbonyl (C=O) groups is 1. The minimum absolute atomic E-state index is 0.188. The first-order valence-electron chi connectivity index (χ1n) is 7.27. The van der Waals surface area contributed by atoms with Gasteiger partial charge in [0, 0.05) is 13.1 Å². The first-order valence-corrected chi connectivity index (χ1v) is 7.27. The number of rotatable bonds is 5. The molecule has 1 fully saturated rings. The second kappa shape index (κ2) is 7.41. The number of ether oxygens (including phenoxy) is 1. The van der Waals surface area contributed by atoms with E-state index in [9.17, 15) is 9.90 Å². The monoisotopic (exact) mass is 277 g/mol. The zero-order chi connectivity index (χ0) is 14.4. The molecule has 20 heavy (non-hydrogen) atoms. The number of benzene rings is 1. The molecule has 4 heteroatoms. The predicted octanol–water partition coefficient (Wildman–Crippen LogP) is 2.11. The Bertz CT molecular complexity index is 447. The van der Waals surface area contributed by atoms with Crippen LogP contribution in [0.25, 0.3) is 0 Å². The molecule has 2 N–H and O–H groups in total. The molecule has 1 aromatic carbocycles. The number of hydrogen-bond donors (Lipinski definition) is 2. The van der Waals surface area contributed by atoms with E-state index in [-0.39, 0.29) is 12.1 Å².